The Hall–Kier alpha value is -13.7. The highest BCUT2D eigenvalue weighted by Gasteiger charge is 2.33. The summed E-state index contributed by atoms with van der Waals surface area (Å²) in [6, 6.07) is 34.1. The van der Waals surface area contributed by atoms with Gasteiger partial charge in [0.05, 0.1) is 68.9 Å². The maximum absolute atomic E-state index is 15.0. The monoisotopic (exact) mass is 2000 g/mol. The predicted molar refractivity (Wildman–Crippen MR) is 575 cm³/mol. The number of aryl methyl sites for hydroxylation is 10. The molecule has 0 spiro atoms. The Morgan fingerprint density at radius 3 is 0.993 bits per heavy atom. The molecule has 4 aromatic carbocycles. The number of benzene rings is 4. The molecule has 8 aliphatic heterocycles. The molecule has 4 fully saturated rings. The van der Waals surface area contributed by atoms with Gasteiger partial charge in [-0.2, -0.15) is 0 Å². The zero-order chi connectivity index (χ0) is 102. The van der Waals surface area contributed by atoms with Gasteiger partial charge in [-0.05, 0) is 278 Å². The number of nitrogens with one attached hydrogen (secondary N) is 5. The minimum absolute atomic E-state index is 0.269. The molecule has 4 unspecified atom stereocenters. The van der Waals surface area contributed by atoms with Crippen LogP contribution in [-0.2, 0) is 51.7 Å². The lowest BCUT2D eigenvalue weighted by Gasteiger charge is -2.36. The van der Waals surface area contributed by atoms with Crippen molar-refractivity contribution in [3.8, 4) is 45.0 Å². The summed E-state index contributed by atoms with van der Waals surface area (Å²) < 4.78 is 68.9. The zero-order valence-electron chi connectivity index (χ0n) is 87.3. The van der Waals surface area contributed by atoms with E-state index in [1.807, 2.05) is 127 Å². The fraction of sp³-hybridized carbons (Fsp3) is 0.434. The van der Waals surface area contributed by atoms with Gasteiger partial charge in [0.25, 0.3) is 0 Å². The molecule has 0 bridgehead atoms. The highest BCUT2D eigenvalue weighted by Crippen LogP contribution is 2.42. The number of hydrogen-bond acceptors (Lipinski definition) is 27. The fourth-order valence-corrected chi connectivity index (χ4v) is 22.5. The third kappa shape index (κ3) is 21.7. The summed E-state index contributed by atoms with van der Waals surface area (Å²) in [5, 5.41) is 16.1. The number of aromatic nitrogens is 20. The summed E-state index contributed by atoms with van der Waals surface area (Å²) in [5.74, 6) is 7.15. The molecule has 31 nitrogen and oxygen atoms in total. The first-order chi connectivity index (χ1) is 71.6. The first-order valence-electron chi connectivity index (χ1n) is 52.8. The number of fused-ring (bicyclic) bond motifs is 12. The summed E-state index contributed by atoms with van der Waals surface area (Å²) >= 11 is 0. The number of halogens is 4. The molecule has 35 heteroatoms. The largest absolute Gasteiger partial charge is 0.325 e. The Kier molecular flexibility index (Phi) is 29.3. The van der Waals surface area contributed by atoms with E-state index in [0.717, 1.165) is 304 Å². The molecule has 0 radical (unpaired) electrons. The first kappa shape index (κ1) is 100. The second kappa shape index (κ2) is 43.2. The van der Waals surface area contributed by atoms with Crippen LogP contribution >= 0.6 is 0 Å². The van der Waals surface area contributed by atoms with Crippen LogP contribution in [0.25, 0.3) is 89.2 Å². The van der Waals surface area contributed by atoms with Gasteiger partial charge < -0.3 is 54.7 Å². The maximum Gasteiger partial charge on any atom is 0.229 e. The molecule has 0 aliphatic carbocycles. The lowest BCUT2D eigenvalue weighted by Crippen LogP contribution is -2.48. The Morgan fingerprint density at radius 2 is 0.662 bits per heavy atom. The predicted octanol–water partition coefficient (Wildman–Crippen LogP) is 19.9. The van der Waals surface area contributed by atoms with E-state index >= 15 is 0 Å². The van der Waals surface area contributed by atoms with E-state index in [2.05, 4.69) is 204 Å². The van der Waals surface area contributed by atoms with Gasteiger partial charge >= 0.3 is 0 Å². The second-order valence-corrected chi connectivity index (χ2v) is 41.9. The lowest BCUT2D eigenvalue weighted by atomic mass is 9.90. The van der Waals surface area contributed by atoms with Gasteiger partial charge in [0, 0.05) is 200 Å². The SMILES string of the molecule is CCN1CCN(Cc2ccc(Nc3ncc(F)c(-c4cc(C)c5nc6n(c5c4)C(C)CC6)n3)nc2C)CC1.Cc1cc(-c2nc(Nc3ccc(CN4CCN(C(C)C)CC4)cn3)ncc2F)cc2c1nc1n2C(C)CC1.Cc1cc(-c2nc(Nc3ccc(CN4CCN(C)CC4)cn3)ncc2F)cc2c1nc1n2C(C)CC1.Cc1nc(Nc2ncc(F)c(-c3cc(C)c4nc5n(c4c3)C(C)CC5)n2)ccc1CC1CCNCC1. The number of anilines is 8. The van der Waals surface area contributed by atoms with Gasteiger partial charge in [-0.25, -0.2) is 97.3 Å². The van der Waals surface area contributed by atoms with E-state index in [-0.39, 0.29) is 22.8 Å². The summed E-state index contributed by atoms with van der Waals surface area (Å²) in [6.45, 7) is 46.7. The van der Waals surface area contributed by atoms with Crippen molar-refractivity contribution in [2.75, 3.05) is 126 Å². The molecule has 24 rings (SSSR count). The summed E-state index contributed by atoms with van der Waals surface area (Å²) in [6.07, 6.45) is 20.4. The van der Waals surface area contributed by atoms with Gasteiger partial charge in [-0.1, -0.05) is 31.2 Å². The minimum atomic E-state index is -0.455. The number of nitrogens with zero attached hydrogens (tertiary/aromatic N) is 26. The highest BCUT2D eigenvalue weighted by molar-refractivity contribution is 5.89. The van der Waals surface area contributed by atoms with Gasteiger partial charge in [0.15, 0.2) is 23.3 Å². The van der Waals surface area contributed by atoms with E-state index in [1.54, 1.807) is 0 Å². The molecule has 4 atom stereocenters. The smallest absolute Gasteiger partial charge is 0.229 e. The Balaban J connectivity index is 0.000000116. The number of likely N-dealkylation sites (N-methyl/N-ethyl adjacent to an activating group) is 2. The van der Waals surface area contributed by atoms with Crippen LogP contribution in [0.1, 0.15) is 190 Å². The summed E-state index contributed by atoms with van der Waals surface area (Å²) in [4.78, 5) is 87.6. The summed E-state index contributed by atoms with van der Waals surface area (Å²) in [7, 11) is 2.16. The van der Waals surface area contributed by atoms with E-state index < -0.39 is 23.3 Å². The molecule has 0 amide bonds. The van der Waals surface area contributed by atoms with Gasteiger partial charge in [0.2, 0.25) is 23.8 Å². The molecule has 768 valence electrons. The minimum Gasteiger partial charge on any atom is -0.325 e. The fourth-order valence-electron chi connectivity index (χ4n) is 22.5. The molecule has 16 aromatic rings. The molecule has 12 aromatic heterocycles. The van der Waals surface area contributed by atoms with Crippen LogP contribution in [-0.4, -0.2) is 239 Å². The molecule has 20 heterocycles. The van der Waals surface area contributed by atoms with Crippen LogP contribution in [0.2, 0.25) is 0 Å². The van der Waals surface area contributed by atoms with Crippen LogP contribution in [0, 0.1) is 70.7 Å². The number of imidazole rings is 4. The molecule has 0 saturated carbocycles. The molecule has 4 saturated heterocycles. The van der Waals surface area contributed by atoms with Crippen molar-refractivity contribution in [3.63, 3.8) is 0 Å². The van der Waals surface area contributed by atoms with Gasteiger partial charge in [0.1, 0.15) is 69.3 Å². The molecule has 8 aliphatic rings. The standard InChI is InChI=1S/2C29H35FN8.C28H32FN7.C27H31FN8/c1-18(2)37-11-9-36(10-12-37)17-21-6-7-25(31-15-21)33-29-32-16-23(30)28(35-29)22-13-19(3)27-24(14-22)38-20(4)5-8-26(38)34-27;1-5-36-10-12-37(13-11-36)17-21-7-8-25(32-20(21)4)33-29-31-16-23(30)28(35-29)22-14-18(2)27-24(15-22)38-19(3)6-9-26(38)34-27;1-16-12-21(14-23-26(16)34-25-7-4-17(2)36(23)25)27-22(29)15-31-28(35-27)33-24-6-5-20(18(3)32-24)13-19-8-10-30-11-9-19;1-17-12-20(13-22-25(17)32-24-7-4-18(2)36(22)24)26-21(28)15-30-27(33-26)31-23-6-5-19(14-29-23)16-35-10-8-34(3)9-11-35/h6-7,13-16,18,20H,5,8-12,17H2,1-4H3,(H,31,32,33,35);7-8,14-16,19H,5-6,9-13,17H2,1-4H3,(H,31,32,33,35);5-6,12,14-15,17,19,30H,4,7-11,13H2,1-3H3,(H,31,32,33,35);5-6,12-15,18H,4,7-11,16H2,1-3H3,(H,29,30,31,33). The third-order valence-corrected chi connectivity index (χ3v) is 31.0. The van der Waals surface area contributed by atoms with E-state index in [4.69, 9.17) is 29.9 Å². The third-order valence-electron chi connectivity index (χ3n) is 31.0. The van der Waals surface area contributed by atoms with E-state index in [0.29, 0.717) is 83.2 Å². The van der Waals surface area contributed by atoms with Crippen molar-refractivity contribution in [1.29, 1.82) is 0 Å². The number of rotatable bonds is 22. The average Bonchev–Trinajstić information content (AvgIpc) is 1.63. The Morgan fingerprint density at radius 1 is 0.345 bits per heavy atom. The van der Waals surface area contributed by atoms with Crippen LogP contribution in [0.15, 0.2) is 134 Å². The van der Waals surface area contributed by atoms with Crippen LogP contribution < -0.4 is 26.6 Å². The van der Waals surface area contributed by atoms with Gasteiger partial charge in [-0.3, -0.25) is 19.6 Å². The van der Waals surface area contributed by atoms with Crippen molar-refractivity contribution in [2.24, 2.45) is 5.92 Å². The maximum atomic E-state index is 15.0. The number of hydrogen-bond donors (Lipinski definition) is 5. The topological polar surface area (TPSA) is 306 Å². The Bertz CT molecular complexity index is 7550. The molecular weight excluding hydrogens is 1870 g/mol. The zero-order valence-corrected chi connectivity index (χ0v) is 87.3. The van der Waals surface area contributed by atoms with E-state index in [9.17, 15) is 17.6 Å². The van der Waals surface area contributed by atoms with Crippen LogP contribution in [0.5, 0.6) is 0 Å². The highest BCUT2D eigenvalue weighted by atomic mass is 19.1. The summed E-state index contributed by atoms with van der Waals surface area (Å²) in [5.41, 5.74) is 22.9. The van der Waals surface area contributed by atoms with Crippen LogP contribution in [0.4, 0.5) is 64.6 Å². The molecule has 148 heavy (non-hydrogen) atoms. The van der Waals surface area contributed by atoms with Crippen molar-refractivity contribution < 1.29 is 17.6 Å². The van der Waals surface area contributed by atoms with Crippen molar-refractivity contribution in [1.82, 2.24) is 133 Å². The number of piperidine rings is 1. The normalized spacial score (nSPS) is 18.3. The Labute approximate surface area is 861 Å². The average molecular weight is 2000 g/mol. The second-order valence-electron chi connectivity index (χ2n) is 41.9. The first-order valence-corrected chi connectivity index (χ1v) is 52.8. The van der Waals surface area contributed by atoms with E-state index in [1.165, 1.54) is 54.3 Å². The van der Waals surface area contributed by atoms with Crippen molar-refractivity contribution in [3.05, 3.63) is 237 Å². The van der Waals surface area contributed by atoms with Crippen LogP contribution in [0.3, 0.4) is 0 Å². The molecule has 5 N–H and O–H groups in total. The van der Waals surface area contributed by atoms with Gasteiger partial charge in [-0.15, -0.1) is 0 Å². The lowest BCUT2D eigenvalue weighted by molar-refractivity contribution is 0.104. The number of pyridine rings is 4. The van der Waals surface area contributed by atoms with Crippen molar-refractivity contribution in [2.45, 2.75) is 210 Å². The quantitative estimate of drug-likeness (QED) is 0.0394. The number of piperazine rings is 3. The van der Waals surface area contributed by atoms with Crippen molar-refractivity contribution >= 4 is 91.2 Å². The molecular formula is C113H133F4N31.